The topological polar surface area (TPSA) is 84.2 Å². The first-order valence-corrected chi connectivity index (χ1v) is 9.05. The van der Waals surface area contributed by atoms with Crippen LogP contribution in [0.2, 0.25) is 0 Å². The molecule has 0 heterocycles. The quantitative estimate of drug-likeness (QED) is 0.727. The number of nitrogen functional groups attached to an aromatic ring is 1. The van der Waals surface area contributed by atoms with Crippen LogP contribution in [0.15, 0.2) is 23.1 Å². The molecule has 5 nitrogen and oxygen atoms in total. The number of nitrogens with one attached hydrogen (secondary N) is 2. The highest BCUT2D eigenvalue weighted by molar-refractivity contribution is 7.89. The summed E-state index contributed by atoms with van der Waals surface area (Å²) in [6.07, 6.45) is 5.40. The van der Waals surface area contributed by atoms with Crippen molar-refractivity contribution in [3.63, 3.8) is 0 Å². The van der Waals surface area contributed by atoms with Crippen molar-refractivity contribution >= 4 is 21.4 Å². The van der Waals surface area contributed by atoms with Crippen LogP contribution in [-0.2, 0) is 10.0 Å². The van der Waals surface area contributed by atoms with E-state index in [1.165, 1.54) is 38.8 Å². The predicted molar refractivity (Wildman–Crippen MR) is 84.5 cm³/mol. The summed E-state index contributed by atoms with van der Waals surface area (Å²) in [5.74, 6) is 2.45. The highest BCUT2D eigenvalue weighted by Gasteiger charge is 2.39. The van der Waals surface area contributed by atoms with Crippen LogP contribution in [0.25, 0.3) is 0 Å². The number of nitrogens with two attached hydrogens (primary N) is 1. The van der Waals surface area contributed by atoms with Crippen molar-refractivity contribution in [2.75, 3.05) is 24.6 Å². The van der Waals surface area contributed by atoms with E-state index in [1.807, 2.05) is 0 Å². The van der Waals surface area contributed by atoms with E-state index in [1.54, 1.807) is 12.1 Å². The third-order valence-corrected chi connectivity index (χ3v) is 6.46. The van der Waals surface area contributed by atoms with Gasteiger partial charge in [0, 0.05) is 6.54 Å². The van der Waals surface area contributed by atoms with Crippen molar-refractivity contribution in [2.45, 2.75) is 30.6 Å². The molecule has 1 aromatic rings. The summed E-state index contributed by atoms with van der Waals surface area (Å²) < 4.78 is 26.0. The Morgan fingerprint density at radius 1 is 1.29 bits per heavy atom. The molecule has 0 aliphatic heterocycles. The van der Waals surface area contributed by atoms with Gasteiger partial charge in [-0.15, -0.1) is 0 Å². The fraction of sp³-hybridized carbons (Fsp3) is 0.600. The van der Waals surface area contributed by atoms with Crippen molar-refractivity contribution < 1.29 is 8.42 Å². The Balaban J connectivity index is 1.71. The minimum atomic E-state index is -3.43. The molecule has 2 aliphatic rings. The molecule has 6 heteroatoms. The first-order valence-electron chi connectivity index (χ1n) is 7.56. The summed E-state index contributed by atoms with van der Waals surface area (Å²) in [7, 11) is -2.02. The second kappa shape index (κ2) is 5.50. The molecule has 0 radical (unpaired) electrons. The van der Waals surface area contributed by atoms with Gasteiger partial charge >= 0.3 is 0 Å². The maximum Gasteiger partial charge on any atom is 0.240 e. The van der Waals surface area contributed by atoms with Gasteiger partial charge in [0.05, 0.1) is 16.3 Å². The lowest BCUT2D eigenvalue weighted by molar-refractivity contribution is 0.348. The van der Waals surface area contributed by atoms with Crippen LogP contribution in [0.3, 0.4) is 0 Å². The van der Waals surface area contributed by atoms with Gasteiger partial charge in [0.25, 0.3) is 0 Å². The molecule has 2 bridgehead atoms. The van der Waals surface area contributed by atoms with Gasteiger partial charge in [-0.25, -0.2) is 13.1 Å². The highest BCUT2D eigenvalue weighted by atomic mass is 32.2. The molecule has 4 N–H and O–H groups in total. The highest BCUT2D eigenvalue weighted by Crippen LogP contribution is 2.48. The zero-order valence-electron chi connectivity index (χ0n) is 12.3. The van der Waals surface area contributed by atoms with Crippen LogP contribution < -0.4 is 15.8 Å². The van der Waals surface area contributed by atoms with Crippen LogP contribution in [0.1, 0.15) is 25.7 Å². The summed E-state index contributed by atoms with van der Waals surface area (Å²) in [5, 5.41) is 3.36. The minimum absolute atomic E-state index is 0.245. The lowest BCUT2D eigenvalue weighted by Crippen LogP contribution is -2.21. The summed E-state index contributed by atoms with van der Waals surface area (Å²) in [6.45, 7) is 0.883. The summed E-state index contributed by atoms with van der Waals surface area (Å²) in [6, 6.07) is 4.80. The number of anilines is 2. The molecule has 2 saturated carbocycles. The number of hydrogen-bond donors (Lipinski definition) is 3. The molecular formula is C15H23N3O2S. The molecule has 1 aromatic carbocycles. The Hall–Kier alpha value is -1.27. The van der Waals surface area contributed by atoms with Crippen molar-refractivity contribution in [1.29, 1.82) is 0 Å². The third-order valence-electron chi connectivity index (χ3n) is 5.04. The van der Waals surface area contributed by atoms with Gasteiger partial charge in [0.2, 0.25) is 10.0 Å². The van der Waals surface area contributed by atoms with E-state index >= 15 is 0 Å². The number of fused-ring (bicyclic) bond motifs is 2. The largest absolute Gasteiger partial charge is 0.397 e. The maximum atomic E-state index is 11.8. The van der Waals surface area contributed by atoms with Gasteiger partial charge in [-0.3, -0.25) is 0 Å². The first kappa shape index (κ1) is 14.7. The molecule has 2 aliphatic carbocycles. The van der Waals surface area contributed by atoms with E-state index in [9.17, 15) is 8.42 Å². The predicted octanol–water partition coefficient (Wildman–Crippen LogP) is 2.02. The number of hydrogen-bond acceptors (Lipinski definition) is 4. The van der Waals surface area contributed by atoms with E-state index in [4.69, 9.17) is 5.73 Å². The summed E-state index contributed by atoms with van der Waals surface area (Å²) in [4.78, 5) is 0.245. The maximum absolute atomic E-state index is 11.8. The van der Waals surface area contributed by atoms with Crippen molar-refractivity contribution in [1.82, 2.24) is 4.72 Å². The lowest BCUT2D eigenvalue weighted by Gasteiger charge is -2.23. The monoisotopic (exact) mass is 309 g/mol. The molecule has 21 heavy (non-hydrogen) atoms. The smallest absolute Gasteiger partial charge is 0.240 e. The molecule has 2 fully saturated rings. The van der Waals surface area contributed by atoms with Gasteiger partial charge in [-0.2, -0.15) is 0 Å². The molecule has 0 amide bonds. The van der Waals surface area contributed by atoms with Crippen molar-refractivity contribution in [2.24, 2.45) is 17.8 Å². The fourth-order valence-electron chi connectivity index (χ4n) is 3.84. The Kier molecular flexibility index (Phi) is 3.84. The molecule has 3 unspecified atom stereocenters. The molecule has 116 valence electrons. The van der Waals surface area contributed by atoms with Crippen LogP contribution in [0, 0.1) is 17.8 Å². The molecular weight excluding hydrogens is 286 g/mol. The molecule has 3 atom stereocenters. The van der Waals surface area contributed by atoms with E-state index in [-0.39, 0.29) is 4.90 Å². The Labute approximate surface area is 126 Å². The standard InChI is InChI=1S/C15H23N3O2S/c1-17-21(19,20)13-4-5-14(16)15(8-13)18-9-12-7-10-2-3-11(12)6-10/h4-5,8,10-12,17-18H,2-3,6-7,9,16H2,1H3. The lowest BCUT2D eigenvalue weighted by atomic mass is 9.89. The van der Waals surface area contributed by atoms with Gasteiger partial charge in [-0.05, 0) is 62.3 Å². The fourth-order valence-corrected chi connectivity index (χ4v) is 4.60. The average Bonchev–Trinajstić information content (AvgIpc) is 3.08. The second-order valence-corrected chi connectivity index (χ2v) is 8.16. The van der Waals surface area contributed by atoms with E-state index < -0.39 is 10.0 Å². The number of benzene rings is 1. The van der Waals surface area contributed by atoms with Gasteiger partial charge in [0.15, 0.2) is 0 Å². The zero-order valence-corrected chi connectivity index (χ0v) is 13.1. The Morgan fingerprint density at radius 2 is 2.10 bits per heavy atom. The molecule has 0 aromatic heterocycles. The van der Waals surface area contributed by atoms with Crippen LogP contribution in [0.4, 0.5) is 11.4 Å². The van der Waals surface area contributed by atoms with Gasteiger partial charge in [-0.1, -0.05) is 6.42 Å². The second-order valence-electron chi connectivity index (χ2n) is 6.27. The van der Waals surface area contributed by atoms with Crippen molar-refractivity contribution in [3.8, 4) is 0 Å². The Bertz CT molecular complexity index is 630. The van der Waals surface area contributed by atoms with Crippen molar-refractivity contribution in [3.05, 3.63) is 18.2 Å². The first-order chi connectivity index (χ1) is 9.99. The van der Waals surface area contributed by atoms with Crippen LogP contribution in [-0.4, -0.2) is 22.0 Å². The van der Waals surface area contributed by atoms with Crippen LogP contribution in [0.5, 0.6) is 0 Å². The summed E-state index contributed by atoms with van der Waals surface area (Å²) in [5.41, 5.74) is 7.26. The average molecular weight is 309 g/mol. The Morgan fingerprint density at radius 3 is 2.71 bits per heavy atom. The van der Waals surface area contributed by atoms with Gasteiger partial charge in [0.1, 0.15) is 0 Å². The number of rotatable bonds is 5. The summed E-state index contributed by atoms with van der Waals surface area (Å²) >= 11 is 0. The zero-order chi connectivity index (χ0) is 15.0. The van der Waals surface area contributed by atoms with E-state index in [0.717, 1.165) is 18.4 Å². The number of sulfonamides is 1. The SMILES string of the molecule is CNS(=O)(=O)c1ccc(N)c(NCC2CC3CCC2C3)c1. The molecule has 0 saturated heterocycles. The minimum Gasteiger partial charge on any atom is -0.397 e. The van der Waals surface area contributed by atoms with E-state index in [2.05, 4.69) is 10.0 Å². The normalized spacial score (nSPS) is 28.0. The van der Waals surface area contributed by atoms with E-state index in [0.29, 0.717) is 17.3 Å². The van der Waals surface area contributed by atoms with Gasteiger partial charge < -0.3 is 11.1 Å². The molecule has 3 rings (SSSR count). The van der Waals surface area contributed by atoms with Crippen LogP contribution >= 0.6 is 0 Å². The third kappa shape index (κ3) is 2.87. The molecule has 0 spiro atoms.